The van der Waals surface area contributed by atoms with Gasteiger partial charge in [-0.3, -0.25) is 0 Å². The van der Waals surface area contributed by atoms with Crippen molar-refractivity contribution < 1.29 is 0 Å². The summed E-state index contributed by atoms with van der Waals surface area (Å²) in [5.74, 6) is 5.87. The minimum absolute atomic E-state index is 0.196. The van der Waals surface area contributed by atoms with E-state index < -0.39 is 0 Å². The van der Waals surface area contributed by atoms with Crippen molar-refractivity contribution in [2.75, 3.05) is 13.1 Å². The first-order chi connectivity index (χ1) is 7.27. The van der Waals surface area contributed by atoms with Gasteiger partial charge in [0.1, 0.15) is 0 Å². The summed E-state index contributed by atoms with van der Waals surface area (Å²) >= 11 is 7.50. The summed E-state index contributed by atoms with van der Waals surface area (Å²) in [7, 11) is 0. The van der Waals surface area contributed by atoms with Crippen molar-refractivity contribution in [3.8, 4) is 11.8 Å². The highest BCUT2D eigenvalue weighted by Gasteiger charge is 2.10. The SMILES string of the molecule is CC#CCCNC(CN)c1cc(Cl)cs1. The lowest BCUT2D eigenvalue weighted by Gasteiger charge is -2.13. The third kappa shape index (κ3) is 4.23. The number of nitrogens with one attached hydrogen (secondary N) is 1. The molecule has 0 amide bonds. The Labute approximate surface area is 99.8 Å². The van der Waals surface area contributed by atoms with Gasteiger partial charge in [-0.05, 0) is 13.0 Å². The van der Waals surface area contributed by atoms with E-state index >= 15 is 0 Å². The zero-order chi connectivity index (χ0) is 11.1. The highest BCUT2D eigenvalue weighted by Crippen LogP contribution is 2.24. The molecule has 0 saturated heterocycles. The standard InChI is InChI=1S/C11H15ClN2S/c1-2-3-4-5-14-10(7-13)11-6-9(12)8-15-11/h6,8,10,14H,4-5,7,13H2,1H3. The van der Waals surface area contributed by atoms with E-state index in [4.69, 9.17) is 17.3 Å². The van der Waals surface area contributed by atoms with Gasteiger partial charge < -0.3 is 11.1 Å². The molecule has 1 heterocycles. The van der Waals surface area contributed by atoms with Crippen molar-refractivity contribution in [1.82, 2.24) is 5.32 Å². The van der Waals surface area contributed by atoms with E-state index in [1.54, 1.807) is 11.3 Å². The van der Waals surface area contributed by atoms with Crippen LogP contribution in [0.3, 0.4) is 0 Å². The first-order valence-corrected chi connectivity index (χ1v) is 6.10. The summed E-state index contributed by atoms with van der Waals surface area (Å²) in [6.07, 6.45) is 0.853. The lowest BCUT2D eigenvalue weighted by Crippen LogP contribution is -2.28. The Morgan fingerprint density at radius 2 is 2.47 bits per heavy atom. The summed E-state index contributed by atoms with van der Waals surface area (Å²) in [5, 5.41) is 6.06. The van der Waals surface area contributed by atoms with Crippen LogP contribution in [-0.4, -0.2) is 13.1 Å². The molecule has 15 heavy (non-hydrogen) atoms. The van der Waals surface area contributed by atoms with Crippen LogP contribution in [0.1, 0.15) is 24.3 Å². The highest BCUT2D eigenvalue weighted by molar-refractivity contribution is 7.10. The average molecular weight is 243 g/mol. The molecule has 2 nitrogen and oxygen atoms in total. The monoisotopic (exact) mass is 242 g/mol. The zero-order valence-corrected chi connectivity index (χ0v) is 10.3. The van der Waals surface area contributed by atoms with Gasteiger partial charge in [-0.1, -0.05) is 11.6 Å². The normalized spacial score (nSPS) is 11.9. The van der Waals surface area contributed by atoms with Gasteiger partial charge in [0.05, 0.1) is 11.1 Å². The number of rotatable bonds is 5. The zero-order valence-electron chi connectivity index (χ0n) is 8.72. The molecule has 0 fully saturated rings. The van der Waals surface area contributed by atoms with Crippen LogP contribution in [0, 0.1) is 11.8 Å². The molecule has 0 aromatic carbocycles. The Hall–Kier alpha value is -0.530. The predicted molar refractivity (Wildman–Crippen MR) is 67.2 cm³/mol. The molecule has 1 aromatic rings. The van der Waals surface area contributed by atoms with Crippen LogP contribution in [0.25, 0.3) is 0 Å². The molecule has 0 aliphatic carbocycles. The van der Waals surface area contributed by atoms with Crippen LogP contribution in [0.2, 0.25) is 5.02 Å². The second-order valence-corrected chi connectivity index (χ2v) is 4.47. The Kier molecular flexibility index (Phi) is 5.74. The average Bonchev–Trinajstić information content (AvgIpc) is 2.65. The largest absolute Gasteiger partial charge is 0.329 e. The van der Waals surface area contributed by atoms with Gasteiger partial charge >= 0.3 is 0 Å². The highest BCUT2D eigenvalue weighted by atomic mass is 35.5. The second kappa shape index (κ2) is 6.86. The maximum atomic E-state index is 5.86. The number of thiophene rings is 1. The third-order valence-electron chi connectivity index (χ3n) is 1.98. The van der Waals surface area contributed by atoms with E-state index in [0.29, 0.717) is 6.54 Å². The molecule has 4 heteroatoms. The fourth-order valence-electron chi connectivity index (χ4n) is 1.24. The van der Waals surface area contributed by atoms with Gasteiger partial charge in [0.15, 0.2) is 0 Å². The maximum Gasteiger partial charge on any atom is 0.0540 e. The first kappa shape index (κ1) is 12.5. The lowest BCUT2D eigenvalue weighted by atomic mass is 10.2. The number of hydrogen-bond donors (Lipinski definition) is 2. The van der Waals surface area contributed by atoms with Crippen LogP contribution >= 0.6 is 22.9 Å². The Bertz CT molecular complexity index is 351. The summed E-state index contributed by atoms with van der Waals surface area (Å²) in [4.78, 5) is 1.19. The molecule has 0 aliphatic rings. The van der Waals surface area contributed by atoms with Crippen LogP contribution in [0.4, 0.5) is 0 Å². The topological polar surface area (TPSA) is 38.0 Å². The van der Waals surface area contributed by atoms with E-state index in [0.717, 1.165) is 18.0 Å². The molecular formula is C11H15ClN2S. The second-order valence-electron chi connectivity index (χ2n) is 3.09. The van der Waals surface area contributed by atoms with Crippen LogP contribution in [0.15, 0.2) is 11.4 Å². The molecule has 1 aromatic heterocycles. The smallest absolute Gasteiger partial charge is 0.0540 e. The number of hydrogen-bond acceptors (Lipinski definition) is 3. The Morgan fingerprint density at radius 1 is 1.67 bits per heavy atom. The minimum atomic E-state index is 0.196. The Balaban J connectivity index is 2.44. The summed E-state index contributed by atoms with van der Waals surface area (Å²) in [5.41, 5.74) is 5.69. The molecule has 82 valence electrons. The number of halogens is 1. The van der Waals surface area contributed by atoms with Crippen molar-refractivity contribution in [3.63, 3.8) is 0 Å². The fourth-order valence-corrected chi connectivity index (χ4v) is 2.42. The van der Waals surface area contributed by atoms with Gasteiger partial charge in [0, 0.05) is 29.8 Å². The lowest BCUT2D eigenvalue weighted by molar-refractivity contribution is 0.558. The van der Waals surface area contributed by atoms with Crippen molar-refractivity contribution in [3.05, 3.63) is 21.3 Å². The molecular weight excluding hydrogens is 228 g/mol. The van der Waals surface area contributed by atoms with Crippen LogP contribution in [-0.2, 0) is 0 Å². The fraction of sp³-hybridized carbons (Fsp3) is 0.455. The number of nitrogens with two attached hydrogens (primary N) is 1. The van der Waals surface area contributed by atoms with E-state index in [2.05, 4.69) is 17.2 Å². The van der Waals surface area contributed by atoms with Gasteiger partial charge in [0.2, 0.25) is 0 Å². The molecule has 3 N–H and O–H groups in total. The van der Waals surface area contributed by atoms with Crippen molar-refractivity contribution in [1.29, 1.82) is 0 Å². The van der Waals surface area contributed by atoms with Gasteiger partial charge in [-0.15, -0.1) is 23.2 Å². The third-order valence-corrected chi connectivity index (χ3v) is 3.38. The molecule has 0 aliphatic heterocycles. The summed E-state index contributed by atoms with van der Waals surface area (Å²) in [6.45, 7) is 3.29. The van der Waals surface area contributed by atoms with Crippen molar-refractivity contribution in [2.45, 2.75) is 19.4 Å². The molecule has 1 unspecified atom stereocenters. The van der Waals surface area contributed by atoms with E-state index in [9.17, 15) is 0 Å². The van der Waals surface area contributed by atoms with Crippen LogP contribution in [0.5, 0.6) is 0 Å². The minimum Gasteiger partial charge on any atom is -0.329 e. The van der Waals surface area contributed by atoms with E-state index in [1.165, 1.54) is 4.88 Å². The summed E-state index contributed by atoms with van der Waals surface area (Å²) in [6, 6.07) is 2.16. The van der Waals surface area contributed by atoms with Crippen LogP contribution < -0.4 is 11.1 Å². The maximum absolute atomic E-state index is 5.86. The van der Waals surface area contributed by atoms with Gasteiger partial charge in [0.25, 0.3) is 0 Å². The molecule has 1 atom stereocenters. The molecule has 0 saturated carbocycles. The summed E-state index contributed by atoms with van der Waals surface area (Å²) < 4.78 is 0. The molecule has 0 spiro atoms. The molecule has 0 bridgehead atoms. The van der Waals surface area contributed by atoms with Crippen molar-refractivity contribution in [2.24, 2.45) is 5.73 Å². The van der Waals surface area contributed by atoms with E-state index in [-0.39, 0.29) is 6.04 Å². The molecule has 1 rings (SSSR count). The molecule has 0 radical (unpaired) electrons. The first-order valence-electron chi connectivity index (χ1n) is 4.85. The van der Waals surface area contributed by atoms with Gasteiger partial charge in [-0.2, -0.15) is 0 Å². The van der Waals surface area contributed by atoms with Crippen molar-refractivity contribution >= 4 is 22.9 Å². The Morgan fingerprint density at radius 3 is 3.00 bits per heavy atom. The predicted octanol–water partition coefficient (Wildman–Crippen LogP) is 2.40. The van der Waals surface area contributed by atoms with Gasteiger partial charge in [-0.25, -0.2) is 0 Å². The van der Waals surface area contributed by atoms with E-state index in [1.807, 2.05) is 18.4 Å². The quantitative estimate of drug-likeness (QED) is 0.615.